The summed E-state index contributed by atoms with van der Waals surface area (Å²) in [4.78, 5) is 22.4. The number of benzene rings is 4. The third kappa shape index (κ3) is 7.80. The highest BCUT2D eigenvalue weighted by molar-refractivity contribution is 6.35. The highest BCUT2D eigenvalue weighted by Gasteiger charge is 2.53. The quantitative estimate of drug-likeness (QED) is 0.0445. The van der Waals surface area contributed by atoms with Crippen LogP contribution in [0.1, 0.15) is 40.3 Å². The number of amides is 1. The molecule has 1 aliphatic rings. The number of aliphatic imine (C=N–C) groups is 1. The molecule has 0 saturated heterocycles. The van der Waals surface area contributed by atoms with Crippen LogP contribution in [0.15, 0.2) is 107 Å². The van der Waals surface area contributed by atoms with Crippen molar-refractivity contribution < 1.29 is 19.4 Å². The first kappa shape index (κ1) is 32.8. The predicted molar refractivity (Wildman–Crippen MR) is 178 cm³/mol. The standard InChI is InChI=1S/C34H32Cl2N6O4/c35-27-14-11-26(30(36)19-27)22-38-41-33(44)34(20-23-7-2-1-3-8-23)31(29-10-5-4-9-25(29)21-39-42-37)46-32(40-34)24-12-15-28(16-13-24)45-18-6-17-43/h1-5,7-16,19,31,38,43H,6,17-18,20-22H2,(H,41,44)/t31-,34-/m0/s1. The maximum absolute atomic E-state index is 14.5. The van der Waals surface area contributed by atoms with Crippen LogP contribution in [0.5, 0.6) is 5.75 Å². The molecule has 3 N–H and O–H groups in total. The summed E-state index contributed by atoms with van der Waals surface area (Å²) in [7, 11) is 0. The highest BCUT2D eigenvalue weighted by atomic mass is 35.5. The van der Waals surface area contributed by atoms with E-state index in [1.54, 1.807) is 30.3 Å². The molecule has 0 unspecified atom stereocenters. The monoisotopic (exact) mass is 658 g/mol. The third-order valence-corrected chi connectivity index (χ3v) is 8.07. The number of nitrogens with zero attached hydrogens (tertiary/aromatic N) is 4. The van der Waals surface area contributed by atoms with Crippen molar-refractivity contribution in [2.24, 2.45) is 10.1 Å². The number of hydrogen-bond acceptors (Lipinski definition) is 7. The Labute approximate surface area is 276 Å². The molecule has 0 aromatic heterocycles. The molecule has 2 atom stereocenters. The zero-order valence-corrected chi connectivity index (χ0v) is 26.3. The van der Waals surface area contributed by atoms with Crippen LogP contribution in [0.4, 0.5) is 0 Å². The van der Waals surface area contributed by atoms with Gasteiger partial charge in [0, 0.05) is 46.5 Å². The Hall–Kier alpha value is -4.57. The van der Waals surface area contributed by atoms with E-state index in [0.717, 1.165) is 11.1 Å². The second-order valence-corrected chi connectivity index (χ2v) is 11.4. The lowest BCUT2D eigenvalue weighted by molar-refractivity contribution is -0.130. The molecule has 0 spiro atoms. The number of hydrogen-bond donors (Lipinski definition) is 3. The molecule has 1 heterocycles. The van der Waals surface area contributed by atoms with Crippen molar-refractivity contribution in [2.45, 2.75) is 37.6 Å². The summed E-state index contributed by atoms with van der Waals surface area (Å²) in [5.41, 5.74) is 17.1. The Balaban J connectivity index is 1.55. The van der Waals surface area contributed by atoms with E-state index in [4.69, 9.17) is 48.3 Å². The average molecular weight is 660 g/mol. The number of ether oxygens (including phenoxy) is 2. The molecular formula is C34H32Cl2N6O4. The molecule has 0 aliphatic carbocycles. The van der Waals surface area contributed by atoms with E-state index in [-0.39, 0.29) is 32.0 Å². The number of aliphatic hydroxyl groups is 1. The molecule has 4 aromatic rings. The Morgan fingerprint density at radius 2 is 1.78 bits per heavy atom. The fourth-order valence-electron chi connectivity index (χ4n) is 5.20. The van der Waals surface area contributed by atoms with Gasteiger partial charge in [-0.15, -0.1) is 0 Å². The van der Waals surface area contributed by atoms with Gasteiger partial charge in [-0.05, 0) is 64.2 Å². The Morgan fingerprint density at radius 3 is 2.52 bits per heavy atom. The van der Waals surface area contributed by atoms with Crippen molar-refractivity contribution in [3.8, 4) is 5.75 Å². The van der Waals surface area contributed by atoms with Gasteiger partial charge in [0.25, 0.3) is 5.91 Å². The van der Waals surface area contributed by atoms with E-state index in [9.17, 15) is 4.79 Å². The van der Waals surface area contributed by atoms with Crippen LogP contribution < -0.4 is 15.6 Å². The predicted octanol–water partition coefficient (Wildman–Crippen LogP) is 6.89. The summed E-state index contributed by atoms with van der Waals surface area (Å²) in [5.74, 6) is 0.478. The molecule has 0 radical (unpaired) electrons. The van der Waals surface area contributed by atoms with Gasteiger partial charge in [0.15, 0.2) is 11.6 Å². The van der Waals surface area contributed by atoms with Crippen molar-refractivity contribution in [3.05, 3.63) is 145 Å². The van der Waals surface area contributed by atoms with Crippen LogP contribution in [0.2, 0.25) is 10.0 Å². The summed E-state index contributed by atoms with van der Waals surface area (Å²) < 4.78 is 12.3. The van der Waals surface area contributed by atoms with Crippen LogP contribution in [0.3, 0.4) is 0 Å². The van der Waals surface area contributed by atoms with E-state index in [2.05, 4.69) is 20.9 Å². The molecule has 0 bridgehead atoms. The van der Waals surface area contributed by atoms with Crippen LogP contribution in [0, 0.1) is 0 Å². The van der Waals surface area contributed by atoms with Gasteiger partial charge in [0.2, 0.25) is 5.90 Å². The van der Waals surface area contributed by atoms with Crippen LogP contribution in [-0.4, -0.2) is 35.7 Å². The molecule has 236 valence electrons. The van der Waals surface area contributed by atoms with Crippen molar-refractivity contribution in [1.29, 1.82) is 0 Å². The van der Waals surface area contributed by atoms with Gasteiger partial charge in [0.05, 0.1) is 13.2 Å². The minimum Gasteiger partial charge on any atom is -0.494 e. The molecular weight excluding hydrogens is 627 g/mol. The number of carbonyl (C=O) groups is 1. The number of halogens is 2. The lowest BCUT2D eigenvalue weighted by Crippen LogP contribution is -2.53. The second-order valence-electron chi connectivity index (χ2n) is 10.6. The topological polar surface area (TPSA) is 141 Å². The smallest absolute Gasteiger partial charge is 0.266 e. The minimum absolute atomic E-state index is 0.0401. The molecule has 0 saturated carbocycles. The zero-order valence-electron chi connectivity index (χ0n) is 24.8. The number of carbonyl (C=O) groups excluding carboxylic acids is 1. The van der Waals surface area contributed by atoms with E-state index in [1.165, 1.54) is 0 Å². The van der Waals surface area contributed by atoms with Crippen LogP contribution in [0.25, 0.3) is 10.4 Å². The van der Waals surface area contributed by atoms with Crippen molar-refractivity contribution in [3.63, 3.8) is 0 Å². The van der Waals surface area contributed by atoms with Gasteiger partial charge in [-0.1, -0.05) is 89.0 Å². The van der Waals surface area contributed by atoms with Gasteiger partial charge >= 0.3 is 0 Å². The van der Waals surface area contributed by atoms with E-state index >= 15 is 0 Å². The van der Waals surface area contributed by atoms with Crippen molar-refractivity contribution >= 4 is 35.0 Å². The minimum atomic E-state index is -1.48. The average Bonchev–Trinajstić information content (AvgIpc) is 3.46. The number of rotatable bonds is 14. The summed E-state index contributed by atoms with van der Waals surface area (Å²) in [6.45, 7) is 0.721. The fourth-order valence-corrected chi connectivity index (χ4v) is 5.68. The fraction of sp³-hybridized carbons (Fsp3) is 0.235. The summed E-state index contributed by atoms with van der Waals surface area (Å²) in [6.07, 6.45) is -0.159. The first-order chi connectivity index (χ1) is 22.4. The molecule has 5 rings (SSSR count). The maximum Gasteiger partial charge on any atom is 0.266 e. The molecule has 1 aliphatic heterocycles. The zero-order chi connectivity index (χ0) is 32.4. The number of hydrazine groups is 1. The lowest BCUT2D eigenvalue weighted by Gasteiger charge is -2.32. The summed E-state index contributed by atoms with van der Waals surface area (Å²) in [5, 5.41) is 13.8. The maximum atomic E-state index is 14.5. The highest BCUT2D eigenvalue weighted by Crippen LogP contribution is 2.43. The van der Waals surface area contributed by atoms with Crippen molar-refractivity contribution in [2.75, 3.05) is 13.2 Å². The first-order valence-electron chi connectivity index (χ1n) is 14.6. The van der Waals surface area contributed by atoms with Gasteiger partial charge in [0.1, 0.15) is 5.75 Å². The summed E-state index contributed by atoms with van der Waals surface area (Å²) in [6, 6.07) is 29.3. The molecule has 4 aromatic carbocycles. The number of azide groups is 1. The van der Waals surface area contributed by atoms with E-state index < -0.39 is 17.6 Å². The van der Waals surface area contributed by atoms with E-state index in [1.807, 2.05) is 66.7 Å². The van der Waals surface area contributed by atoms with Crippen LogP contribution >= 0.6 is 23.2 Å². The Morgan fingerprint density at radius 1 is 1.02 bits per heavy atom. The number of aliphatic hydroxyl groups excluding tert-OH is 1. The number of nitrogens with one attached hydrogen (secondary N) is 2. The SMILES string of the molecule is [N-]=[N+]=NCc1ccccc1[C@@H]1OC(c2ccc(OCCCO)cc2)=N[C@]1(Cc1ccccc1)C(=O)NNCc1ccc(Cl)cc1Cl. The Kier molecular flexibility index (Phi) is 11.1. The summed E-state index contributed by atoms with van der Waals surface area (Å²) >= 11 is 12.4. The van der Waals surface area contributed by atoms with Gasteiger partial charge < -0.3 is 14.6 Å². The van der Waals surface area contributed by atoms with Gasteiger partial charge in [-0.25, -0.2) is 10.4 Å². The Bertz CT molecular complexity index is 1730. The molecule has 0 fully saturated rings. The van der Waals surface area contributed by atoms with Crippen LogP contribution in [-0.2, 0) is 29.0 Å². The lowest BCUT2D eigenvalue weighted by atomic mass is 9.81. The normalized spacial score (nSPS) is 17.0. The first-order valence-corrected chi connectivity index (χ1v) is 15.4. The molecule has 46 heavy (non-hydrogen) atoms. The molecule has 10 nitrogen and oxygen atoms in total. The molecule has 1 amide bonds. The molecule has 12 heteroatoms. The van der Waals surface area contributed by atoms with Crippen molar-refractivity contribution in [1.82, 2.24) is 10.9 Å². The largest absolute Gasteiger partial charge is 0.494 e. The third-order valence-electron chi connectivity index (χ3n) is 7.48. The van der Waals surface area contributed by atoms with Gasteiger partial charge in [-0.2, -0.15) is 0 Å². The van der Waals surface area contributed by atoms with E-state index in [0.29, 0.717) is 45.5 Å². The second kappa shape index (κ2) is 15.6. The van der Waals surface area contributed by atoms with Gasteiger partial charge in [-0.3, -0.25) is 10.2 Å².